The van der Waals surface area contributed by atoms with Crippen molar-refractivity contribution in [2.45, 2.75) is 6.54 Å². The fourth-order valence-electron chi connectivity index (χ4n) is 2.83. The lowest BCUT2D eigenvalue weighted by atomic mass is 10.1. The van der Waals surface area contributed by atoms with Crippen LogP contribution >= 0.6 is 11.6 Å². The predicted molar refractivity (Wildman–Crippen MR) is 108 cm³/mol. The second-order valence-corrected chi connectivity index (χ2v) is 6.52. The normalized spacial score (nSPS) is 11.3. The number of fused-ring (bicyclic) bond motifs is 1. The standard InChI is InChI=1S/C21H16ClFN4/c22-15-9-14(10-16(23)11-15)13-25-18-5-7-21-19(12-18)20(26-27-21)6-4-17-3-1-2-8-24-17/h1-12,25H,13H2,(H,26,27)/b6-4+. The van der Waals surface area contributed by atoms with Crippen LogP contribution in [0.4, 0.5) is 10.1 Å². The molecule has 0 spiro atoms. The third-order valence-corrected chi connectivity index (χ3v) is 4.33. The monoisotopic (exact) mass is 378 g/mol. The van der Waals surface area contributed by atoms with Gasteiger partial charge in [0.15, 0.2) is 0 Å². The maximum Gasteiger partial charge on any atom is 0.125 e. The number of aromatic nitrogens is 3. The molecule has 2 N–H and O–H groups in total. The molecule has 2 aromatic heterocycles. The zero-order valence-corrected chi connectivity index (χ0v) is 15.0. The molecule has 0 aliphatic carbocycles. The Kier molecular flexibility index (Phi) is 4.85. The molecule has 134 valence electrons. The first-order chi connectivity index (χ1) is 13.2. The summed E-state index contributed by atoms with van der Waals surface area (Å²) in [7, 11) is 0. The van der Waals surface area contributed by atoms with E-state index in [1.165, 1.54) is 12.1 Å². The summed E-state index contributed by atoms with van der Waals surface area (Å²) in [6, 6.07) is 16.2. The molecule has 0 radical (unpaired) electrons. The first kappa shape index (κ1) is 17.2. The highest BCUT2D eigenvalue weighted by atomic mass is 35.5. The van der Waals surface area contributed by atoms with Crippen LogP contribution in [-0.4, -0.2) is 15.2 Å². The SMILES string of the molecule is Fc1cc(Cl)cc(CNc2ccc3n[nH]c(/C=C/c4ccccn4)c3c2)c1. The van der Waals surface area contributed by atoms with E-state index in [0.29, 0.717) is 11.6 Å². The first-order valence-electron chi connectivity index (χ1n) is 8.43. The maximum atomic E-state index is 13.5. The zero-order chi connectivity index (χ0) is 18.6. The number of anilines is 1. The second-order valence-electron chi connectivity index (χ2n) is 6.09. The van der Waals surface area contributed by atoms with Crippen LogP contribution in [0.5, 0.6) is 0 Å². The third kappa shape index (κ3) is 4.15. The van der Waals surface area contributed by atoms with Crippen LogP contribution in [0.25, 0.3) is 23.1 Å². The van der Waals surface area contributed by atoms with Crippen molar-refractivity contribution >= 4 is 40.3 Å². The minimum atomic E-state index is -0.341. The van der Waals surface area contributed by atoms with Crippen molar-refractivity contribution in [2.24, 2.45) is 0 Å². The van der Waals surface area contributed by atoms with Crippen molar-refractivity contribution in [1.29, 1.82) is 0 Å². The van der Waals surface area contributed by atoms with E-state index in [4.69, 9.17) is 11.6 Å². The van der Waals surface area contributed by atoms with Crippen molar-refractivity contribution < 1.29 is 4.39 Å². The van der Waals surface area contributed by atoms with Crippen LogP contribution < -0.4 is 5.32 Å². The van der Waals surface area contributed by atoms with Crippen molar-refractivity contribution in [3.8, 4) is 0 Å². The fourth-order valence-corrected chi connectivity index (χ4v) is 3.07. The summed E-state index contributed by atoms with van der Waals surface area (Å²) in [5, 5.41) is 12.0. The lowest BCUT2D eigenvalue weighted by Gasteiger charge is -2.07. The molecule has 0 saturated carbocycles. The molecule has 0 saturated heterocycles. The number of nitrogens with zero attached hydrogens (tertiary/aromatic N) is 2. The maximum absolute atomic E-state index is 13.5. The molecule has 0 aliphatic rings. The van der Waals surface area contributed by atoms with E-state index in [9.17, 15) is 4.39 Å². The molecule has 4 aromatic rings. The lowest BCUT2D eigenvalue weighted by Crippen LogP contribution is -1.99. The summed E-state index contributed by atoms with van der Waals surface area (Å²) in [5.74, 6) is -0.341. The molecule has 2 aromatic carbocycles. The van der Waals surface area contributed by atoms with Gasteiger partial charge in [0.2, 0.25) is 0 Å². The Morgan fingerprint density at radius 3 is 2.81 bits per heavy atom. The molecule has 0 unspecified atom stereocenters. The van der Waals surface area contributed by atoms with Crippen molar-refractivity contribution in [3.05, 3.63) is 88.6 Å². The Morgan fingerprint density at radius 2 is 2.00 bits per heavy atom. The average molecular weight is 379 g/mol. The number of hydrogen-bond donors (Lipinski definition) is 2. The summed E-state index contributed by atoms with van der Waals surface area (Å²) in [4.78, 5) is 4.28. The summed E-state index contributed by atoms with van der Waals surface area (Å²) in [5.41, 5.74) is 4.33. The van der Waals surface area contributed by atoms with E-state index in [0.717, 1.165) is 33.5 Å². The molecule has 0 amide bonds. The number of pyridine rings is 1. The number of benzene rings is 2. The highest BCUT2D eigenvalue weighted by Crippen LogP contribution is 2.23. The van der Waals surface area contributed by atoms with Crippen molar-refractivity contribution in [2.75, 3.05) is 5.32 Å². The van der Waals surface area contributed by atoms with E-state index < -0.39 is 0 Å². The van der Waals surface area contributed by atoms with Crippen LogP contribution in [-0.2, 0) is 6.54 Å². The van der Waals surface area contributed by atoms with Crippen LogP contribution in [0.15, 0.2) is 60.8 Å². The van der Waals surface area contributed by atoms with Crippen LogP contribution in [0.2, 0.25) is 5.02 Å². The van der Waals surface area contributed by atoms with E-state index >= 15 is 0 Å². The number of hydrogen-bond acceptors (Lipinski definition) is 3. The predicted octanol–water partition coefficient (Wildman–Crippen LogP) is 5.53. The molecule has 2 heterocycles. The Balaban J connectivity index is 1.55. The van der Waals surface area contributed by atoms with Gasteiger partial charge in [-0.05, 0) is 66.2 Å². The van der Waals surface area contributed by atoms with Crippen LogP contribution in [0, 0.1) is 5.82 Å². The molecule has 4 nitrogen and oxygen atoms in total. The van der Waals surface area contributed by atoms with Gasteiger partial charge in [-0.1, -0.05) is 17.7 Å². The molecule has 27 heavy (non-hydrogen) atoms. The summed E-state index contributed by atoms with van der Waals surface area (Å²) >= 11 is 5.91. The van der Waals surface area contributed by atoms with Gasteiger partial charge >= 0.3 is 0 Å². The molecule has 0 aliphatic heterocycles. The zero-order valence-electron chi connectivity index (χ0n) is 14.3. The Bertz CT molecular complexity index is 1090. The minimum Gasteiger partial charge on any atom is -0.381 e. The number of rotatable bonds is 5. The molecular weight excluding hydrogens is 363 g/mol. The smallest absolute Gasteiger partial charge is 0.125 e. The quantitative estimate of drug-likeness (QED) is 0.480. The average Bonchev–Trinajstić information content (AvgIpc) is 3.07. The van der Waals surface area contributed by atoms with Gasteiger partial charge in [-0.25, -0.2) is 4.39 Å². The van der Waals surface area contributed by atoms with Gasteiger partial charge in [0.05, 0.1) is 16.9 Å². The molecular formula is C21H16ClFN4. The molecule has 4 rings (SSSR count). The summed E-state index contributed by atoms with van der Waals surface area (Å²) in [6.45, 7) is 0.472. The highest BCUT2D eigenvalue weighted by Gasteiger charge is 2.05. The van der Waals surface area contributed by atoms with Gasteiger partial charge in [0.25, 0.3) is 0 Å². The molecule has 0 bridgehead atoms. The topological polar surface area (TPSA) is 53.6 Å². The summed E-state index contributed by atoms with van der Waals surface area (Å²) in [6.07, 6.45) is 5.64. The van der Waals surface area contributed by atoms with Crippen molar-refractivity contribution in [1.82, 2.24) is 15.2 Å². The highest BCUT2D eigenvalue weighted by molar-refractivity contribution is 6.30. The van der Waals surface area contributed by atoms with Gasteiger partial charge in [0, 0.05) is 28.8 Å². The number of H-pyrrole nitrogens is 1. The molecule has 0 fully saturated rings. The van der Waals surface area contributed by atoms with Gasteiger partial charge in [-0.3, -0.25) is 10.1 Å². The van der Waals surface area contributed by atoms with Crippen LogP contribution in [0.1, 0.15) is 17.0 Å². The Labute approximate surface area is 160 Å². The largest absolute Gasteiger partial charge is 0.381 e. The van der Waals surface area contributed by atoms with E-state index in [1.54, 1.807) is 12.3 Å². The van der Waals surface area contributed by atoms with Gasteiger partial charge < -0.3 is 5.32 Å². The Morgan fingerprint density at radius 1 is 1.07 bits per heavy atom. The number of halogens is 2. The molecule has 6 heteroatoms. The number of nitrogens with one attached hydrogen (secondary N) is 2. The van der Waals surface area contributed by atoms with Gasteiger partial charge in [-0.2, -0.15) is 5.10 Å². The van der Waals surface area contributed by atoms with Gasteiger partial charge in [-0.15, -0.1) is 0 Å². The second kappa shape index (κ2) is 7.60. The van der Waals surface area contributed by atoms with Crippen molar-refractivity contribution in [3.63, 3.8) is 0 Å². The number of aromatic amines is 1. The Hall–Kier alpha value is -3.18. The fraction of sp³-hybridized carbons (Fsp3) is 0.0476. The third-order valence-electron chi connectivity index (χ3n) is 4.11. The van der Waals surface area contributed by atoms with E-state index in [-0.39, 0.29) is 5.82 Å². The van der Waals surface area contributed by atoms with Gasteiger partial charge in [0.1, 0.15) is 5.82 Å². The van der Waals surface area contributed by atoms with E-state index in [2.05, 4.69) is 20.5 Å². The minimum absolute atomic E-state index is 0.341. The molecule has 0 atom stereocenters. The summed E-state index contributed by atoms with van der Waals surface area (Å²) < 4.78 is 13.5. The van der Waals surface area contributed by atoms with E-state index in [1.807, 2.05) is 48.6 Å². The lowest BCUT2D eigenvalue weighted by molar-refractivity contribution is 0.626. The van der Waals surface area contributed by atoms with Crippen LogP contribution in [0.3, 0.4) is 0 Å². The first-order valence-corrected chi connectivity index (χ1v) is 8.81.